The number of carbonyl (C=O) groups is 1. The van der Waals surface area contributed by atoms with Crippen LogP contribution in [0.2, 0.25) is 0 Å². The van der Waals surface area contributed by atoms with Crippen molar-refractivity contribution in [1.82, 2.24) is 4.90 Å². The first-order chi connectivity index (χ1) is 7.80. The summed E-state index contributed by atoms with van der Waals surface area (Å²) in [6.45, 7) is 8.39. The fourth-order valence-electron chi connectivity index (χ4n) is 2.30. The van der Waals surface area contributed by atoms with Gasteiger partial charge in [-0.1, -0.05) is 12.1 Å². The molecule has 2 atom stereocenters. The minimum atomic E-state index is -0.941. The van der Waals surface area contributed by atoms with E-state index in [0.717, 1.165) is 19.4 Å². The SMILES string of the molecule is CC1CCN(C(=O)C(C)(C)/C(N)=N/O)C(C)C1. The lowest BCUT2D eigenvalue weighted by Crippen LogP contribution is -2.53. The molecule has 0 aromatic carbocycles. The number of hydrogen-bond acceptors (Lipinski definition) is 3. The number of amidine groups is 1. The van der Waals surface area contributed by atoms with E-state index in [1.165, 1.54) is 0 Å². The molecule has 1 rings (SSSR count). The molecule has 0 aromatic rings. The fraction of sp³-hybridized carbons (Fsp3) is 0.833. The first-order valence-electron chi connectivity index (χ1n) is 6.09. The van der Waals surface area contributed by atoms with Crippen molar-refractivity contribution in [1.29, 1.82) is 0 Å². The fourth-order valence-corrected chi connectivity index (χ4v) is 2.30. The van der Waals surface area contributed by atoms with E-state index in [4.69, 9.17) is 10.9 Å². The van der Waals surface area contributed by atoms with Gasteiger partial charge in [-0.2, -0.15) is 0 Å². The van der Waals surface area contributed by atoms with Crippen LogP contribution < -0.4 is 5.73 Å². The van der Waals surface area contributed by atoms with Gasteiger partial charge in [-0.15, -0.1) is 0 Å². The normalized spacial score (nSPS) is 27.1. The molecule has 5 heteroatoms. The van der Waals surface area contributed by atoms with Gasteiger partial charge in [0.05, 0.1) is 0 Å². The number of rotatable bonds is 2. The lowest BCUT2D eigenvalue weighted by Gasteiger charge is -2.40. The maximum absolute atomic E-state index is 12.4. The topological polar surface area (TPSA) is 78.9 Å². The Morgan fingerprint density at radius 3 is 2.53 bits per heavy atom. The minimum Gasteiger partial charge on any atom is -0.409 e. The third-order valence-electron chi connectivity index (χ3n) is 3.68. The Hall–Kier alpha value is -1.26. The number of piperidine rings is 1. The van der Waals surface area contributed by atoms with E-state index in [-0.39, 0.29) is 17.8 Å². The van der Waals surface area contributed by atoms with E-state index in [1.807, 2.05) is 4.90 Å². The molecule has 1 amide bonds. The van der Waals surface area contributed by atoms with E-state index < -0.39 is 5.41 Å². The van der Waals surface area contributed by atoms with Crippen molar-refractivity contribution in [2.24, 2.45) is 22.2 Å². The highest BCUT2D eigenvalue weighted by atomic mass is 16.4. The highest BCUT2D eigenvalue weighted by molar-refractivity contribution is 6.06. The van der Waals surface area contributed by atoms with E-state index in [1.54, 1.807) is 13.8 Å². The van der Waals surface area contributed by atoms with Crippen molar-refractivity contribution in [2.75, 3.05) is 6.54 Å². The highest BCUT2D eigenvalue weighted by Crippen LogP contribution is 2.27. The van der Waals surface area contributed by atoms with Gasteiger partial charge in [0, 0.05) is 12.6 Å². The molecule has 1 saturated heterocycles. The van der Waals surface area contributed by atoms with Crippen LogP contribution in [0.4, 0.5) is 0 Å². The molecule has 0 aromatic heterocycles. The van der Waals surface area contributed by atoms with Crippen molar-refractivity contribution in [3.63, 3.8) is 0 Å². The van der Waals surface area contributed by atoms with Crippen molar-refractivity contribution in [2.45, 2.75) is 46.6 Å². The van der Waals surface area contributed by atoms with Crippen LogP contribution in [-0.4, -0.2) is 34.4 Å². The molecule has 2 unspecified atom stereocenters. The number of carbonyl (C=O) groups excluding carboxylic acids is 1. The standard InChI is InChI=1S/C12H23N3O2/c1-8-5-6-15(9(2)7-8)11(16)12(3,4)10(13)14-17/h8-9,17H,5-7H2,1-4H3,(H2,13,14). The third-order valence-corrected chi connectivity index (χ3v) is 3.68. The highest BCUT2D eigenvalue weighted by Gasteiger charge is 2.39. The summed E-state index contributed by atoms with van der Waals surface area (Å²) in [7, 11) is 0. The van der Waals surface area contributed by atoms with Gasteiger partial charge in [0.2, 0.25) is 5.91 Å². The van der Waals surface area contributed by atoms with Crippen LogP contribution in [0.1, 0.15) is 40.5 Å². The van der Waals surface area contributed by atoms with Crippen LogP contribution >= 0.6 is 0 Å². The Morgan fingerprint density at radius 2 is 2.06 bits per heavy atom. The van der Waals surface area contributed by atoms with Crippen molar-refractivity contribution < 1.29 is 10.0 Å². The molecule has 0 radical (unpaired) electrons. The second-order valence-corrected chi connectivity index (χ2v) is 5.59. The monoisotopic (exact) mass is 241 g/mol. The number of amides is 1. The second-order valence-electron chi connectivity index (χ2n) is 5.59. The van der Waals surface area contributed by atoms with E-state index in [0.29, 0.717) is 5.92 Å². The second kappa shape index (κ2) is 4.94. The van der Waals surface area contributed by atoms with Crippen LogP contribution in [0.5, 0.6) is 0 Å². The van der Waals surface area contributed by atoms with Crippen molar-refractivity contribution in [3.05, 3.63) is 0 Å². The number of likely N-dealkylation sites (tertiary alicyclic amines) is 1. The van der Waals surface area contributed by atoms with Crippen LogP contribution in [0.15, 0.2) is 5.16 Å². The summed E-state index contributed by atoms with van der Waals surface area (Å²) in [6, 6.07) is 0.219. The Balaban J connectivity index is 2.83. The minimum absolute atomic E-state index is 0.0340. The number of nitrogens with zero attached hydrogens (tertiary/aromatic N) is 2. The predicted molar refractivity (Wildman–Crippen MR) is 66.8 cm³/mol. The molecule has 17 heavy (non-hydrogen) atoms. The zero-order valence-corrected chi connectivity index (χ0v) is 11.1. The van der Waals surface area contributed by atoms with Crippen LogP contribution in [0.25, 0.3) is 0 Å². The van der Waals surface area contributed by atoms with Crippen LogP contribution in [0, 0.1) is 11.3 Å². The van der Waals surface area contributed by atoms with Gasteiger partial charge in [-0.3, -0.25) is 4.79 Å². The molecule has 0 saturated carbocycles. The summed E-state index contributed by atoms with van der Waals surface area (Å²) in [5.41, 5.74) is 4.64. The van der Waals surface area contributed by atoms with Crippen LogP contribution in [-0.2, 0) is 4.79 Å². The van der Waals surface area contributed by atoms with Gasteiger partial charge in [0.25, 0.3) is 0 Å². The summed E-state index contributed by atoms with van der Waals surface area (Å²) in [5, 5.41) is 11.7. The van der Waals surface area contributed by atoms with E-state index in [2.05, 4.69) is 19.0 Å². The smallest absolute Gasteiger partial charge is 0.236 e. The third kappa shape index (κ3) is 2.70. The van der Waals surface area contributed by atoms with Gasteiger partial charge in [-0.05, 0) is 39.5 Å². The Bertz CT molecular complexity index is 326. The lowest BCUT2D eigenvalue weighted by molar-refractivity contribution is -0.141. The summed E-state index contributed by atoms with van der Waals surface area (Å²) >= 11 is 0. The molecule has 1 aliphatic heterocycles. The molecule has 0 bridgehead atoms. The maximum Gasteiger partial charge on any atom is 0.236 e. The van der Waals surface area contributed by atoms with Gasteiger partial charge in [0.15, 0.2) is 5.84 Å². The van der Waals surface area contributed by atoms with Gasteiger partial charge in [0.1, 0.15) is 5.41 Å². The molecule has 1 heterocycles. The first-order valence-corrected chi connectivity index (χ1v) is 6.09. The molecule has 0 aliphatic carbocycles. The molecule has 3 N–H and O–H groups in total. The number of hydrogen-bond donors (Lipinski definition) is 2. The zero-order chi connectivity index (χ0) is 13.2. The number of oxime groups is 1. The quantitative estimate of drug-likeness (QED) is 0.332. The van der Waals surface area contributed by atoms with E-state index in [9.17, 15) is 4.79 Å². The first kappa shape index (κ1) is 13.8. The lowest BCUT2D eigenvalue weighted by atomic mass is 9.86. The Labute approximate surface area is 103 Å². The maximum atomic E-state index is 12.4. The molecular formula is C12H23N3O2. The Kier molecular flexibility index (Phi) is 4.01. The molecule has 98 valence electrons. The Morgan fingerprint density at radius 1 is 1.47 bits per heavy atom. The molecule has 5 nitrogen and oxygen atoms in total. The summed E-state index contributed by atoms with van der Waals surface area (Å²) in [6.07, 6.45) is 2.03. The molecular weight excluding hydrogens is 218 g/mol. The molecule has 1 aliphatic rings. The summed E-state index contributed by atoms with van der Waals surface area (Å²) in [4.78, 5) is 14.2. The average molecular weight is 241 g/mol. The van der Waals surface area contributed by atoms with Gasteiger partial charge < -0.3 is 15.8 Å². The van der Waals surface area contributed by atoms with Gasteiger partial charge in [-0.25, -0.2) is 0 Å². The average Bonchev–Trinajstić information content (AvgIpc) is 2.27. The molecule has 0 spiro atoms. The summed E-state index contributed by atoms with van der Waals surface area (Å²) < 4.78 is 0. The predicted octanol–water partition coefficient (Wildman–Crippen LogP) is 1.41. The van der Waals surface area contributed by atoms with Gasteiger partial charge >= 0.3 is 0 Å². The van der Waals surface area contributed by atoms with E-state index >= 15 is 0 Å². The largest absolute Gasteiger partial charge is 0.409 e. The summed E-state index contributed by atoms with van der Waals surface area (Å²) in [5.74, 6) is 0.557. The number of nitrogens with two attached hydrogens (primary N) is 1. The van der Waals surface area contributed by atoms with Crippen molar-refractivity contribution >= 4 is 11.7 Å². The van der Waals surface area contributed by atoms with Crippen molar-refractivity contribution in [3.8, 4) is 0 Å². The molecule has 1 fully saturated rings. The van der Waals surface area contributed by atoms with Crippen LogP contribution in [0.3, 0.4) is 0 Å². The zero-order valence-electron chi connectivity index (χ0n) is 11.1.